The van der Waals surface area contributed by atoms with Crippen LogP contribution in [0.15, 0.2) is 30.6 Å². The molecule has 1 aliphatic carbocycles. The average Bonchev–Trinajstić information content (AvgIpc) is 3.55. The summed E-state index contributed by atoms with van der Waals surface area (Å²) in [5.74, 6) is 1.12. The van der Waals surface area contributed by atoms with Gasteiger partial charge in [-0.05, 0) is 32.8 Å². The van der Waals surface area contributed by atoms with Gasteiger partial charge in [-0.25, -0.2) is 13.4 Å². The lowest BCUT2D eigenvalue weighted by molar-refractivity contribution is 0.0983. The van der Waals surface area contributed by atoms with Gasteiger partial charge in [-0.3, -0.25) is 9.97 Å². The maximum atomic E-state index is 13.3. The fourth-order valence-electron chi connectivity index (χ4n) is 3.57. The highest BCUT2D eigenvalue weighted by molar-refractivity contribution is 7.91. The van der Waals surface area contributed by atoms with E-state index in [0.29, 0.717) is 28.9 Å². The van der Waals surface area contributed by atoms with Crippen LogP contribution in [0, 0.1) is 6.92 Å². The van der Waals surface area contributed by atoms with Gasteiger partial charge in [0.2, 0.25) is 5.88 Å². The van der Waals surface area contributed by atoms with Crippen LogP contribution in [-0.4, -0.2) is 57.6 Å². The molecule has 170 valence electrons. The fourth-order valence-corrected chi connectivity index (χ4v) is 5.02. The van der Waals surface area contributed by atoms with E-state index >= 15 is 0 Å². The number of rotatable bonds is 9. The molecule has 4 rings (SSSR count). The van der Waals surface area contributed by atoms with Crippen molar-refractivity contribution in [2.75, 3.05) is 14.2 Å². The summed E-state index contributed by atoms with van der Waals surface area (Å²) in [6.45, 7) is 3.44. The van der Waals surface area contributed by atoms with E-state index in [9.17, 15) is 8.42 Å². The molecule has 32 heavy (non-hydrogen) atoms. The van der Waals surface area contributed by atoms with Crippen molar-refractivity contribution < 1.29 is 17.9 Å². The summed E-state index contributed by atoms with van der Waals surface area (Å²) in [5.41, 5.74) is 1.81. The number of methoxy groups -OCH3 is 2. The van der Waals surface area contributed by atoms with E-state index in [4.69, 9.17) is 9.47 Å². The average molecular weight is 459 g/mol. The first kappa shape index (κ1) is 22.3. The smallest absolute Gasteiger partial charge is 0.213 e. The van der Waals surface area contributed by atoms with E-state index in [1.54, 1.807) is 32.5 Å². The van der Waals surface area contributed by atoms with Crippen molar-refractivity contribution in [1.29, 1.82) is 0 Å². The van der Waals surface area contributed by atoms with Crippen molar-refractivity contribution >= 4 is 9.84 Å². The van der Waals surface area contributed by atoms with Gasteiger partial charge in [-0.1, -0.05) is 6.07 Å². The molecule has 3 heterocycles. The van der Waals surface area contributed by atoms with Crippen LogP contribution in [0.4, 0.5) is 0 Å². The van der Waals surface area contributed by atoms with Gasteiger partial charge in [0.1, 0.15) is 23.4 Å². The minimum Gasteiger partial charge on any atom is -0.481 e. The number of aryl methyl sites for hydroxylation is 1. The molecule has 1 saturated carbocycles. The zero-order valence-corrected chi connectivity index (χ0v) is 19.3. The van der Waals surface area contributed by atoms with E-state index in [1.165, 1.54) is 7.11 Å². The third-order valence-corrected chi connectivity index (χ3v) is 7.55. The number of nitrogens with zero attached hydrogens (tertiary/aromatic N) is 6. The maximum absolute atomic E-state index is 13.3. The summed E-state index contributed by atoms with van der Waals surface area (Å²) in [7, 11) is -0.641. The maximum Gasteiger partial charge on any atom is 0.213 e. The van der Waals surface area contributed by atoms with Crippen molar-refractivity contribution in [2.45, 2.75) is 49.8 Å². The first-order chi connectivity index (χ1) is 15.3. The predicted octanol–water partition coefficient (Wildman–Crippen LogP) is 2.47. The Morgan fingerprint density at radius 2 is 1.94 bits per heavy atom. The van der Waals surface area contributed by atoms with Crippen LogP contribution in [0.5, 0.6) is 5.88 Å². The summed E-state index contributed by atoms with van der Waals surface area (Å²) in [6, 6.07) is 5.53. The second kappa shape index (κ2) is 8.91. The third-order valence-electron chi connectivity index (χ3n) is 5.51. The van der Waals surface area contributed by atoms with Gasteiger partial charge in [0.25, 0.3) is 0 Å². The van der Waals surface area contributed by atoms with Crippen LogP contribution in [-0.2, 0) is 20.3 Å². The largest absolute Gasteiger partial charge is 0.481 e. The topological polar surface area (TPSA) is 122 Å². The van der Waals surface area contributed by atoms with Crippen molar-refractivity contribution in [1.82, 2.24) is 29.7 Å². The lowest BCUT2D eigenvalue weighted by Gasteiger charge is -2.22. The lowest BCUT2D eigenvalue weighted by Crippen LogP contribution is -2.29. The standard InChI is InChI=1S/C21H26N6O4S/c1-13-10-23-17(11-22-13)20(31-4)14(2)32(28,29)12-18-25-26-21(27(18)15-8-9-15)16-6-5-7-19(24-16)30-3/h5-7,10-11,14-15,20H,8-9,12H2,1-4H3/t14-,20-/m0/s1. The van der Waals surface area contributed by atoms with Crippen LogP contribution < -0.4 is 4.74 Å². The molecule has 10 nitrogen and oxygen atoms in total. The highest BCUT2D eigenvalue weighted by Crippen LogP contribution is 2.39. The summed E-state index contributed by atoms with van der Waals surface area (Å²) in [5, 5.41) is 7.65. The molecular weight excluding hydrogens is 432 g/mol. The molecule has 0 bridgehead atoms. The Balaban J connectivity index is 1.64. The minimum absolute atomic E-state index is 0.162. The summed E-state index contributed by atoms with van der Waals surface area (Å²) in [4.78, 5) is 12.9. The zero-order chi connectivity index (χ0) is 22.9. The minimum atomic E-state index is -3.65. The van der Waals surface area contributed by atoms with Gasteiger partial charge in [0, 0.05) is 25.4 Å². The van der Waals surface area contributed by atoms with Gasteiger partial charge in [0.05, 0.1) is 29.9 Å². The number of sulfone groups is 1. The first-order valence-corrected chi connectivity index (χ1v) is 12.0. The zero-order valence-electron chi connectivity index (χ0n) is 18.5. The fraction of sp³-hybridized carbons (Fsp3) is 0.476. The van der Waals surface area contributed by atoms with E-state index in [2.05, 4.69) is 25.1 Å². The van der Waals surface area contributed by atoms with Crippen molar-refractivity contribution in [2.24, 2.45) is 0 Å². The van der Waals surface area contributed by atoms with Gasteiger partial charge in [-0.2, -0.15) is 0 Å². The van der Waals surface area contributed by atoms with E-state index in [0.717, 1.165) is 18.5 Å². The molecule has 1 aliphatic rings. The Bertz CT molecular complexity index is 1190. The van der Waals surface area contributed by atoms with E-state index < -0.39 is 21.2 Å². The second-order valence-electron chi connectivity index (χ2n) is 7.86. The molecule has 0 amide bonds. The molecule has 0 aromatic carbocycles. The van der Waals surface area contributed by atoms with Crippen LogP contribution in [0.2, 0.25) is 0 Å². The molecule has 0 aliphatic heterocycles. The predicted molar refractivity (Wildman–Crippen MR) is 117 cm³/mol. The first-order valence-electron chi connectivity index (χ1n) is 10.3. The van der Waals surface area contributed by atoms with Crippen molar-refractivity contribution in [3.05, 3.63) is 47.8 Å². The Morgan fingerprint density at radius 3 is 2.56 bits per heavy atom. The van der Waals surface area contributed by atoms with Gasteiger partial charge in [-0.15, -0.1) is 10.2 Å². The van der Waals surface area contributed by atoms with Gasteiger partial charge < -0.3 is 14.0 Å². The van der Waals surface area contributed by atoms with Crippen LogP contribution in [0.1, 0.15) is 49.1 Å². The highest BCUT2D eigenvalue weighted by atomic mass is 32.2. The van der Waals surface area contributed by atoms with Gasteiger partial charge >= 0.3 is 0 Å². The van der Waals surface area contributed by atoms with E-state index in [-0.39, 0.29) is 11.8 Å². The normalized spacial score (nSPS) is 16.0. The molecule has 0 unspecified atom stereocenters. The number of aromatic nitrogens is 6. The molecule has 0 radical (unpaired) electrons. The summed E-state index contributed by atoms with van der Waals surface area (Å²) >= 11 is 0. The molecule has 0 spiro atoms. The number of pyridine rings is 1. The molecule has 1 fully saturated rings. The van der Waals surface area contributed by atoms with Crippen LogP contribution in [0.3, 0.4) is 0 Å². The SMILES string of the molecule is COc1cccc(-c2nnc(CS(=O)(=O)[C@@H](C)[C@H](OC)c3cnc(C)cn3)n2C2CC2)n1. The Hall–Kier alpha value is -2.92. The van der Waals surface area contributed by atoms with Crippen LogP contribution >= 0.6 is 0 Å². The number of hydrogen-bond acceptors (Lipinski definition) is 9. The Kier molecular flexibility index (Phi) is 6.20. The second-order valence-corrected chi connectivity index (χ2v) is 10.2. The van der Waals surface area contributed by atoms with Crippen LogP contribution in [0.25, 0.3) is 11.5 Å². The Morgan fingerprint density at radius 1 is 1.16 bits per heavy atom. The quantitative estimate of drug-likeness (QED) is 0.476. The van der Waals surface area contributed by atoms with Crippen molar-refractivity contribution in [3.63, 3.8) is 0 Å². The monoisotopic (exact) mass is 458 g/mol. The molecule has 11 heteroatoms. The Labute approximate surface area is 187 Å². The third kappa shape index (κ3) is 4.49. The van der Waals surface area contributed by atoms with E-state index in [1.807, 2.05) is 23.6 Å². The number of ether oxygens (including phenoxy) is 2. The summed E-state index contributed by atoms with van der Waals surface area (Å²) < 4.78 is 39.3. The molecule has 3 aromatic rings. The molecule has 0 N–H and O–H groups in total. The molecule has 0 saturated heterocycles. The summed E-state index contributed by atoms with van der Waals surface area (Å²) in [6.07, 6.45) is 4.28. The molecule has 3 aromatic heterocycles. The lowest BCUT2D eigenvalue weighted by atomic mass is 10.2. The van der Waals surface area contributed by atoms with Crippen molar-refractivity contribution in [3.8, 4) is 17.4 Å². The highest BCUT2D eigenvalue weighted by Gasteiger charge is 2.36. The molecule has 2 atom stereocenters. The number of hydrogen-bond donors (Lipinski definition) is 0. The van der Waals surface area contributed by atoms with Gasteiger partial charge in [0.15, 0.2) is 15.7 Å². The molecular formula is C21H26N6O4S.